The van der Waals surface area contributed by atoms with Crippen LogP contribution in [0, 0.1) is 22.7 Å². The van der Waals surface area contributed by atoms with Gasteiger partial charge in [-0.05, 0) is 35.5 Å². The van der Waals surface area contributed by atoms with E-state index in [-0.39, 0.29) is 0 Å². The van der Waals surface area contributed by atoms with Crippen LogP contribution in [-0.4, -0.2) is 5.33 Å². The smallest absolute Gasteiger partial charge is 0.00704 e. The Hall–Kier alpha value is 0.480. The molecule has 0 nitrogen and oxygen atoms in total. The molecule has 2 saturated carbocycles. The summed E-state index contributed by atoms with van der Waals surface area (Å²) in [6, 6.07) is 0. The Balaban J connectivity index is 2.08. The summed E-state index contributed by atoms with van der Waals surface area (Å²) in [7, 11) is 0. The van der Waals surface area contributed by atoms with Gasteiger partial charge in [-0.3, -0.25) is 0 Å². The largest absolute Gasteiger partial charge is 0.0925 e. The Labute approximate surface area is 90.6 Å². The quantitative estimate of drug-likeness (QED) is 0.606. The monoisotopic (exact) mass is 244 g/mol. The van der Waals surface area contributed by atoms with Gasteiger partial charge in [0.1, 0.15) is 0 Å². The highest BCUT2D eigenvalue weighted by Crippen LogP contribution is 2.75. The minimum atomic E-state index is 0.622. The Kier molecular flexibility index (Phi) is 2.30. The maximum atomic E-state index is 3.68. The van der Waals surface area contributed by atoms with Crippen molar-refractivity contribution in [3.8, 4) is 0 Å². The molecule has 0 aromatic heterocycles. The van der Waals surface area contributed by atoms with Crippen LogP contribution in [0.15, 0.2) is 0 Å². The van der Waals surface area contributed by atoms with E-state index in [1.165, 1.54) is 31.0 Å². The van der Waals surface area contributed by atoms with E-state index in [4.69, 9.17) is 0 Å². The molecular formula is C12H21Br. The molecule has 0 radical (unpaired) electrons. The molecule has 76 valence electrons. The maximum absolute atomic E-state index is 3.68. The molecule has 1 unspecified atom stereocenters. The van der Waals surface area contributed by atoms with E-state index in [0.29, 0.717) is 5.41 Å². The number of hydrogen-bond donors (Lipinski definition) is 0. The fraction of sp³-hybridized carbons (Fsp3) is 1.00. The van der Waals surface area contributed by atoms with Gasteiger partial charge in [-0.15, -0.1) is 0 Å². The van der Waals surface area contributed by atoms with E-state index in [1.54, 1.807) is 0 Å². The van der Waals surface area contributed by atoms with Crippen LogP contribution >= 0.6 is 15.9 Å². The van der Waals surface area contributed by atoms with Crippen LogP contribution in [0.1, 0.15) is 46.5 Å². The normalized spacial score (nSPS) is 48.0. The molecule has 1 atom stereocenters. The summed E-state index contributed by atoms with van der Waals surface area (Å²) in [6.07, 6.45) is 5.90. The molecule has 2 aliphatic carbocycles. The van der Waals surface area contributed by atoms with Crippen LogP contribution < -0.4 is 0 Å². The van der Waals surface area contributed by atoms with E-state index >= 15 is 0 Å². The standard InChI is InChI=1S/C12H21Br/c1-9-4-6-12(7-5-9)10(8-13)11(12,2)3/h9-10H,4-8H2,1-3H3. The van der Waals surface area contributed by atoms with Gasteiger partial charge in [-0.2, -0.15) is 0 Å². The number of hydrogen-bond acceptors (Lipinski definition) is 0. The van der Waals surface area contributed by atoms with Gasteiger partial charge in [-0.25, -0.2) is 0 Å². The van der Waals surface area contributed by atoms with Crippen LogP contribution in [0.3, 0.4) is 0 Å². The van der Waals surface area contributed by atoms with Crippen molar-refractivity contribution in [1.29, 1.82) is 0 Å². The number of rotatable bonds is 1. The van der Waals surface area contributed by atoms with Crippen molar-refractivity contribution >= 4 is 15.9 Å². The van der Waals surface area contributed by atoms with Crippen LogP contribution in [-0.2, 0) is 0 Å². The summed E-state index contributed by atoms with van der Waals surface area (Å²) in [4.78, 5) is 0. The third-order valence-electron chi connectivity index (χ3n) is 5.06. The molecule has 2 rings (SSSR count). The summed E-state index contributed by atoms with van der Waals surface area (Å²) in [5.41, 5.74) is 1.35. The van der Waals surface area contributed by atoms with E-state index in [0.717, 1.165) is 17.3 Å². The second-order valence-corrected chi connectivity index (χ2v) is 6.41. The summed E-state index contributed by atoms with van der Waals surface area (Å²) in [5, 5.41) is 1.22. The van der Waals surface area contributed by atoms with Crippen LogP contribution in [0.25, 0.3) is 0 Å². The lowest BCUT2D eigenvalue weighted by atomic mass is 9.76. The predicted octanol–water partition coefficient (Wildman–Crippen LogP) is 4.23. The molecule has 0 amide bonds. The molecular weight excluding hydrogens is 224 g/mol. The highest BCUT2D eigenvalue weighted by molar-refractivity contribution is 9.09. The zero-order valence-corrected chi connectivity index (χ0v) is 10.7. The minimum absolute atomic E-state index is 0.622. The fourth-order valence-electron chi connectivity index (χ4n) is 3.67. The zero-order chi connectivity index (χ0) is 9.69. The van der Waals surface area contributed by atoms with Gasteiger partial charge in [0.2, 0.25) is 0 Å². The summed E-state index contributed by atoms with van der Waals surface area (Å²) in [6.45, 7) is 7.34. The molecule has 0 aromatic carbocycles. The van der Waals surface area contributed by atoms with Gasteiger partial charge < -0.3 is 0 Å². The minimum Gasteiger partial charge on any atom is -0.0925 e. The molecule has 0 bridgehead atoms. The number of alkyl halides is 1. The first-order valence-electron chi connectivity index (χ1n) is 5.60. The number of halogens is 1. The van der Waals surface area contributed by atoms with Crippen molar-refractivity contribution in [2.45, 2.75) is 46.5 Å². The van der Waals surface area contributed by atoms with Crippen molar-refractivity contribution in [2.75, 3.05) is 5.33 Å². The average molecular weight is 245 g/mol. The fourth-order valence-corrected chi connectivity index (χ4v) is 5.10. The molecule has 1 spiro atoms. The lowest BCUT2D eigenvalue weighted by Gasteiger charge is -2.29. The van der Waals surface area contributed by atoms with Crippen LogP contribution in [0.2, 0.25) is 0 Å². The van der Waals surface area contributed by atoms with E-state index in [1.807, 2.05) is 0 Å². The molecule has 0 heterocycles. The molecule has 0 saturated heterocycles. The highest BCUT2D eigenvalue weighted by atomic mass is 79.9. The van der Waals surface area contributed by atoms with Crippen molar-refractivity contribution < 1.29 is 0 Å². The Bertz CT molecular complexity index is 199. The summed E-state index contributed by atoms with van der Waals surface area (Å²) < 4.78 is 0. The molecule has 0 aromatic rings. The zero-order valence-electron chi connectivity index (χ0n) is 9.07. The molecule has 2 fully saturated rings. The molecule has 0 aliphatic heterocycles. The maximum Gasteiger partial charge on any atom is 0.00704 e. The third-order valence-corrected chi connectivity index (χ3v) is 5.71. The second-order valence-electron chi connectivity index (χ2n) is 5.77. The predicted molar refractivity (Wildman–Crippen MR) is 61.1 cm³/mol. The molecule has 2 aliphatic rings. The summed E-state index contributed by atoms with van der Waals surface area (Å²) in [5.74, 6) is 1.94. The molecule has 1 heteroatoms. The van der Waals surface area contributed by atoms with Gasteiger partial charge in [0.05, 0.1) is 0 Å². The van der Waals surface area contributed by atoms with Gasteiger partial charge in [0.25, 0.3) is 0 Å². The second kappa shape index (κ2) is 2.98. The Morgan fingerprint density at radius 2 is 1.77 bits per heavy atom. The van der Waals surface area contributed by atoms with Crippen LogP contribution in [0.4, 0.5) is 0 Å². The Morgan fingerprint density at radius 3 is 2.15 bits per heavy atom. The van der Waals surface area contributed by atoms with Crippen molar-refractivity contribution in [3.63, 3.8) is 0 Å². The molecule has 13 heavy (non-hydrogen) atoms. The first-order chi connectivity index (χ1) is 6.04. The van der Waals surface area contributed by atoms with Crippen molar-refractivity contribution in [1.82, 2.24) is 0 Å². The lowest BCUT2D eigenvalue weighted by Crippen LogP contribution is -2.18. The van der Waals surface area contributed by atoms with E-state index in [2.05, 4.69) is 36.7 Å². The highest BCUT2D eigenvalue weighted by Gasteiger charge is 2.69. The lowest BCUT2D eigenvalue weighted by molar-refractivity contribution is 0.220. The first kappa shape index (κ1) is 10.0. The first-order valence-corrected chi connectivity index (χ1v) is 6.73. The topological polar surface area (TPSA) is 0 Å². The summed E-state index contributed by atoms with van der Waals surface area (Å²) >= 11 is 3.68. The SMILES string of the molecule is CC1CCC2(CC1)C(CBr)C2(C)C. The van der Waals surface area contributed by atoms with Gasteiger partial charge in [0, 0.05) is 5.33 Å². The van der Waals surface area contributed by atoms with Gasteiger partial charge in [0.15, 0.2) is 0 Å². The van der Waals surface area contributed by atoms with E-state index < -0.39 is 0 Å². The third kappa shape index (κ3) is 1.22. The Morgan fingerprint density at radius 1 is 1.23 bits per heavy atom. The van der Waals surface area contributed by atoms with Crippen molar-refractivity contribution in [2.24, 2.45) is 22.7 Å². The molecule has 0 N–H and O–H groups in total. The van der Waals surface area contributed by atoms with Gasteiger partial charge in [-0.1, -0.05) is 49.5 Å². The van der Waals surface area contributed by atoms with Crippen LogP contribution in [0.5, 0.6) is 0 Å². The van der Waals surface area contributed by atoms with Gasteiger partial charge >= 0.3 is 0 Å². The van der Waals surface area contributed by atoms with E-state index in [9.17, 15) is 0 Å². The van der Waals surface area contributed by atoms with Crippen molar-refractivity contribution in [3.05, 3.63) is 0 Å². The average Bonchev–Trinajstić information content (AvgIpc) is 2.54.